The zero-order valence-corrected chi connectivity index (χ0v) is 10.1. The first-order valence-electron chi connectivity index (χ1n) is 5.70. The van der Waals surface area contributed by atoms with Crippen LogP contribution in [0.2, 0.25) is 0 Å². The number of benzene rings is 1. The summed E-state index contributed by atoms with van der Waals surface area (Å²) in [6.07, 6.45) is 0. The summed E-state index contributed by atoms with van der Waals surface area (Å²) < 4.78 is 1.69. The van der Waals surface area contributed by atoms with Crippen molar-refractivity contribution in [2.24, 2.45) is 5.92 Å². The van der Waals surface area contributed by atoms with Gasteiger partial charge in [0.1, 0.15) is 5.69 Å². The summed E-state index contributed by atoms with van der Waals surface area (Å²) >= 11 is 0. The summed E-state index contributed by atoms with van der Waals surface area (Å²) in [6.45, 7) is 4.22. The van der Waals surface area contributed by atoms with E-state index in [0.29, 0.717) is 12.2 Å². The maximum atomic E-state index is 12.1. The first kappa shape index (κ1) is 11.8. The molecule has 0 bridgehead atoms. The molecule has 0 amide bonds. The molecule has 0 fully saturated rings. The number of para-hydroxylation sites is 2. The average Bonchev–Trinajstić information content (AvgIpc) is 2.34. The molecule has 0 radical (unpaired) electrons. The molecule has 1 aromatic carbocycles. The van der Waals surface area contributed by atoms with Crippen LogP contribution < -0.4 is 5.56 Å². The third-order valence-corrected chi connectivity index (χ3v) is 2.82. The van der Waals surface area contributed by atoms with Gasteiger partial charge >= 0.3 is 0 Å². The van der Waals surface area contributed by atoms with Gasteiger partial charge in [0.2, 0.25) is 0 Å². The van der Waals surface area contributed by atoms with E-state index in [4.69, 9.17) is 5.11 Å². The molecular formula is C13H16N2O2. The molecule has 4 heteroatoms. The van der Waals surface area contributed by atoms with Gasteiger partial charge < -0.3 is 9.67 Å². The molecule has 0 aliphatic carbocycles. The minimum Gasteiger partial charge on any atom is -0.396 e. The molecule has 1 aromatic heterocycles. The van der Waals surface area contributed by atoms with Crippen molar-refractivity contribution in [1.82, 2.24) is 9.55 Å². The second-order valence-electron chi connectivity index (χ2n) is 4.39. The Bertz CT molecular complexity index is 589. The lowest BCUT2D eigenvalue weighted by atomic mass is 10.2. The van der Waals surface area contributed by atoms with E-state index in [9.17, 15) is 4.79 Å². The first-order valence-corrected chi connectivity index (χ1v) is 5.70. The Hall–Kier alpha value is -1.68. The van der Waals surface area contributed by atoms with E-state index in [1.54, 1.807) is 11.5 Å². The van der Waals surface area contributed by atoms with Crippen LogP contribution in [0.5, 0.6) is 0 Å². The fourth-order valence-electron chi connectivity index (χ4n) is 1.87. The van der Waals surface area contributed by atoms with Crippen molar-refractivity contribution in [1.29, 1.82) is 0 Å². The molecule has 1 N–H and O–H groups in total. The first-order chi connectivity index (χ1) is 8.13. The number of nitrogens with zero attached hydrogens (tertiary/aromatic N) is 2. The van der Waals surface area contributed by atoms with E-state index < -0.39 is 0 Å². The molecule has 4 nitrogen and oxygen atoms in total. The number of hydrogen-bond acceptors (Lipinski definition) is 3. The van der Waals surface area contributed by atoms with Crippen LogP contribution in [0.15, 0.2) is 29.1 Å². The Balaban J connectivity index is 2.66. The van der Waals surface area contributed by atoms with Crippen LogP contribution in [0.1, 0.15) is 12.6 Å². The highest BCUT2D eigenvalue weighted by Crippen LogP contribution is 2.11. The molecule has 2 aromatic rings. The minimum absolute atomic E-state index is 0.0536. The van der Waals surface area contributed by atoms with Crippen molar-refractivity contribution in [3.05, 3.63) is 40.3 Å². The van der Waals surface area contributed by atoms with E-state index in [-0.39, 0.29) is 18.1 Å². The van der Waals surface area contributed by atoms with Gasteiger partial charge in [-0.2, -0.15) is 0 Å². The predicted octanol–water partition coefficient (Wildman–Crippen LogP) is 1.33. The van der Waals surface area contributed by atoms with Crippen LogP contribution in [-0.2, 0) is 6.54 Å². The molecule has 17 heavy (non-hydrogen) atoms. The minimum atomic E-state index is -0.0796. The van der Waals surface area contributed by atoms with Gasteiger partial charge in [-0.3, -0.25) is 4.79 Å². The third kappa shape index (κ3) is 2.22. The van der Waals surface area contributed by atoms with Crippen LogP contribution >= 0.6 is 0 Å². The quantitative estimate of drug-likeness (QED) is 0.868. The Morgan fingerprint density at radius 3 is 2.82 bits per heavy atom. The van der Waals surface area contributed by atoms with Gasteiger partial charge in [-0.15, -0.1) is 0 Å². The van der Waals surface area contributed by atoms with Gasteiger partial charge in [0, 0.05) is 13.2 Å². The lowest BCUT2D eigenvalue weighted by molar-refractivity contribution is 0.223. The van der Waals surface area contributed by atoms with E-state index in [2.05, 4.69) is 4.98 Å². The molecule has 0 saturated heterocycles. The van der Waals surface area contributed by atoms with E-state index in [0.717, 1.165) is 11.0 Å². The summed E-state index contributed by atoms with van der Waals surface area (Å²) in [4.78, 5) is 16.3. The molecule has 90 valence electrons. The monoisotopic (exact) mass is 232 g/mol. The number of fused-ring (bicyclic) bond motifs is 1. The topological polar surface area (TPSA) is 55.1 Å². The van der Waals surface area contributed by atoms with Gasteiger partial charge in [-0.1, -0.05) is 19.1 Å². The Labute approximate surface area is 99.5 Å². The molecular weight excluding hydrogens is 216 g/mol. The van der Waals surface area contributed by atoms with Crippen LogP contribution in [0.25, 0.3) is 11.0 Å². The van der Waals surface area contributed by atoms with Crippen molar-refractivity contribution in [3.63, 3.8) is 0 Å². The van der Waals surface area contributed by atoms with Gasteiger partial charge in [-0.25, -0.2) is 4.98 Å². The third-order valence-electron chi connectivity index (χ3n) is 2.82. The zero-order valence-electron chi connectivity index (χ0n) is 10.1. The molecule has 0 aliphatic rings. The van der Waals surface area contributed by atoms with Crippen molar-refractivity contribution in [3.8, 4) is 0 Å². The standard InChI is InChI=1S/C13H16N2O2/c1-9(8-16)7-15-12-6-4-3-5-11(12)14-10(2)13(15)17/h3-6,9,16H,7-8H2,1-2H3. The fraction of sp³-hybridized carbons (Fsp3) is 0.385. The summed E-state index contributed by atoms with van der Waals surface area (Å²) in [5.41, 5.74) is 2.05. The van der Waals surface area contributed by atoms with Crippen LogP contribution in [0, 0.1) is 12.8 Å². The summed E-state index contributed by atoms with van der Waals surface area (Å²) in [5.74, 6) is 0.0536. The molecule has 0 aliphatic heterocycles. The van der Waals surface area contributed by atoms with Crippen molar-refractivity contribution in [2.45, 2.75) is 20.4 Å². The Kier molecular flexibility index (Phi) is 3.24. The van der Waals surface area contributed by atoms with E-state index >= 15 is 0 Å². The average molecular weight is 232 g/mol. The van der Waals surface area contributed by atoms with Crippen molar-refractivity contribution >= 4 is 11.0 Å². The molecule has 0 spiro atoms. The number of hydrogen-bond donors (Lipinski definition) is 1. The summed E-state index contributed by atoms with van der Waals surface area (Å²) in [7, 11) is 0. The smallest absolute Gasteiger partial charge is 0.272 e. The highest BCUT2D eigenvalue weighted by atomic mass is 16.3. The van der Waals surface area contributed by atoms with Crippen LogP contribution in [0.4, 0.5) is 0 Å². The van der Waals surface area contributed by atoms with Gasteiger partial charge in [0.05, 0.1) is 11.0 Å². The van der Waals surface area contributed by atoms with E-state index in [1.807, 2.05) is 31.2 Å². The number of aliphatic hydroxyl groups excluding tert-OH is 1. The SMILES string of the molecule is Cc1nc2ccccc2n(CC(C)CO)c1=O. The van der Waals surface area contributed by atoms with Crippen molar-refractivity contribution in [2.75, 3.05) is 6.61 Å². The lowest BCUT2D eigenvalue weighted by Crippen LogP contribution is -2.27. The number of aryl methyl sites for hydroxylation is 1. The number of aliphatic hydroxyl groups is 1. The predicted molar refractivity (Wildman–Crippen MR) is 67.0 cm³/mol. The van der Waals surface area contributed by atoms with Gasteiger partial charge in [0.25, 0.3) is 5.56 Å². The molecule has 1 unspecified atom stereocenters. The molecule has 0 saturated carbocycles. The largest absolute Gasteiger partial charge is 0.396 e. The second kappa shape index (κ2) is 4.67. The number of rotatable bonds is 3. The molecule has 2 rings (SSSR count). The van der Waals surface area contributed by atoms with Gasteiger partial charge in [0.15, 0.2) is 0 Å². The fourth-order valence-corrected chi connectivity index (χ4v) is 1.87. The summed E-state index contributed by atoms with van der Waals surface area (Å²) in [5, 5.41) is 9.10. The van der Waals surface area contributed by atoms with E-state index in [1.165, 1.54) is 0 Å². The maximum absolute atomic E-state index is 12.1. The normalized spacial score (nSPS) is 12.9. The van der Waals surface area contributed by atoms with Gasteiger partial charge in [-0.05, 0) is 25.0 Å². The van der Waals surface area contributed by atoms with Crippen LogP contribution in [0.3, 0.4) is 0 Å². The maximum Gasteiger partial charge on any atom is 0.272 e. The zero-order chi connectivity index (χ0) is 12.4. The summed E-state index contributed by atoms with van der Waals surface area (Å²) in [6, 6.07) is 7.56. The highest BCUT2D eigenvalue weighted by Gasteiger charge is 2.10. The van der Waals surface area contributed by atoms with Crippen molar-refractivity contribution < 1.29 is 5.11 Å². The van der Waals surface area contributed by atoms with Crippen LogP contribution in [-0.4, -0.2) is 21.3 Å². The molecule has 1 atom stereocenters. The number of aromatic nitrogens is 2. The Morgan fingerprint density at radius 2 is 2.12 bits per heavy atom. The molecule has 1 heterocycles. The highest BCUT2D eigenvalue weighted by molar-refractivity contribution is 5.74. The second-order valence-corrected chi connectivity index (χ2v) is 4.39. The lowest BCUT2D eigenvalue weighted by Gasteiger charge is -2.14. The Morgan fingerprint density at radius 1 is 1.41 bits per heavy atom.